The van der Waals surface area contributed by atoms with Crippen LogP contribution in [0.5, 0.6) is 0 Å². The van der Waals surface area contributed by atoms with Gasteiger partial charge in [-0.2, -0.15) is 0 Å². The maximum Gasteiger partial charge on any atom is 0.128 e. The molecule has 0 saturated carbocycles. The average Bonchev–Trinajstić information content (AvgIpc) is 2.74. The molecule has 0 fully saturated rings. The van der Waals surface area contributed by atoms with Crippen molar-refractivity contribution in [1.82, 2.24) is 0 Å². The number of hydrogen-bond donors (Lipinski definition) is 0. The third kappa shape index (κ3) is 2.43. The Bertz CT molecular complexity index is 376. The van der Waals surface area contributed by atoms with E-state index in [-0.39, 0.29) is 0 Å². The van der Waals surface area contributed by atoms with Crippen LogP contribution < -0.4 is 0 Å². The van der Waals surface area contributed by atoms with Gasteiger partial charge in [-0.25, -0.2) is 4.21 Å². The quantitative estimate of drug-likeness (QED) is 0.769. The summed E-state index contributed by atoms with van der Waals surface area (Å²) in [5.74, 6) is 0. The second kappa shape index (κ2) is 4.41. The Hall–Kier alpha value is -0.100. The fraction of sp³-hybridized carbons (Fsp3) is 0. The van der Waals surface area contributed by atoms with E-state index in [2.05, 4.69) is 0 Å². The Morgan fingerprint density at radius 2 is 1.92 bits per heavy atom. The Balaban J connectivity index is 2.08. The summed E-state index contributed by atoms with van der Waals surface area (Å²) >= 11 is 3.16. The third-order valence-corrected chi connectivity index (χ3v) is 7.00. The second-order valence-corrected chi connectivity index (χ2v) is 7.52. The van der Waals surface area contributed by atoms with Gasteiger partial charge in [-0.05, 0) is 33.7 Å². The van der Waals surface area contributed by atoms with Gasteiger partial charge in [0, 0.05) is 0 Å². The molecule has 0 bridgehead atoms. The highest BCUT2D eigenvalue weighted by molar-refractivity contribution is 8.69. The van der Waals surface area contributed by atoms with Gasteiger partial charge in [-0.15, -0.1) is 22.7 Å². The Kier molecular flexibility index (Phi) is 3.21. The summed E-state index contributed by atoms with van der Waals surface area (Å²) in [5.41, 5.74) is 0. The van der Waals surface area contributed by atoms with Crippen molar-refractivity contribution < 1.29 is 4.21 Å². The minimum atomic E-state index is -0.936. The molecule has 5 heteroatoms. The summed E-state index contributed by atoms with van der Waals surface area (Å²) in [6, 6.07) is 7.79. The molecule has 1 atom stereocenters. The molecule has 0 saturated heterocycles. The van der Waals surface area contributed by atoms with E-state index in [4.69, 9.17) is 0 Å². The van der Waals surface area contributed by atoms with E-state index in [0.29, 0.717) is 0 Å². The van der Waals surface area contributed by atoms with Crippen molar-refractivity contribution in [3.05, 3.63) is 35.0 Å². The van der Waals surface area contributed by atoms with Gasteiger partial charge in [-0.1, -0.05) is 12.1 Å². The van der Waals surface area contributed by atoms with Crippen molar-refractivity contribution in [2.24, 2.45) is 0 Å². The molecule has 2 heterocycles. The summed E-state index contributed by atoms with van der Waals surface area (Å²) < 4.78 is 13.7. The van der Waals surface area contributed by atoms with Crippen LogP contribution in [0.15, 0.2) is 43.4 Å². The predicted molar refractivity (Wildman–Crippen MR) is 60.9 cm³/mol. The van der Waals surface area contributed by atoms with Crippen molar-refractivity contribution in [2.45, 2.75) is 8.42 Å². The van der Waals surface area contributed by atoms with Gasteiger partial charge in [0.15, 0.2) is 0 Å². The van der Waals surface area contributed by atoms with Crippen LogP contribution in [0.4, 0.5) is 0 Å². The van der Waals surface area contributed by atoms with E-state index in [1.807, 2.05) is 35.0 Å². The average molecular weight is 246 g/mol. The van der Waals surface area contributed by atoms with Crippen molar-refractivity contribution >= 4 is 43.3 Å². The number of thiophene rings is 2. The van der Waals surface area contributed by atoms with E-state index >= 15 is 0 Å². The zero-order valence-corrected chi connectivity index (χ0v) is 9.77. The molecule has 2 rings (SSSR count). The van der Waals surface area contributed by atoms with Gasteiger partial charge in [0.1, 0.15) is 14.0 Å². The van der Waals surface area contributed by atoms with Crippen LogP contribution in [0.25, 0.3) is 0 Å². The largest absolute Gasteiger partial charge is 0.241 e. The molecule has 68 valence electrons. The molecule has 1 unspecified atom stereocenters. The standard InChI is InChI=1S/C8H6OS4/c9-13(8-4-2-6-11-8)12-7-3-1-5-10-7/h1-6H. The normalized spacial score (nSPS) is 12.9. The molecule has 1 nitrogen and oxygen atoms in total. The van der Waals surface area contributed by atoms with E-state index in [1.165, 1.54) is 22.1 Å². The summed E-state index contributed by atoms with van der Waals surface area (Å²) in [6.45, 7) is 0. The number of rotatable bonds is 3. The summed E-state index contributed by atoms with van der Waals surface area (Å²) in [5, 5.41) is 3.94. The van der Waals surface area contributed by atoms with Crippen LogP contribution in [0.1, 0.15) is 0 Å². The molecule has 0 aliphatic rings. The zero-order chi connectivity index (χ0) is 9.10. The van der Waals surface area contributed by atoms with Crippen LogP contribution >= 0.6 is 33.5 Å². The van der Waals surface area contributed by atoms with Crippen LogP contribution in [0, 0.1) is 0 Å². The van der Waals surface area contributed by atoms with Gasteiger partial charge in [0.2, 0.25) is 0 Å². The van der Waals surface area contributed by atoms with E-state index in [9.17, 15) is 4.21 Å². The smallest absolute Gasteiger partial charge is 0.128 e. The molecule has 0 amide bonds. The fourth-order valence-corrected chi connectivity index (χ4v) is 5.64. The first-order valence-corrected chi connectivity index (χ1v) is 7.77. The minimum Gasteiger partial charge on any atom is -0.241 e. The van der Waals surface area contributed by atoms with Gasteiger partial charge in [-0.3, -0.25) is 0 Å². The summed E-state index contributed by atoms with van der Waals surface area (Å²) in [4.78, 5) is 0. The van der Waals surface area contributed by atoms with Crippen LogP contribution in [-0.4, -0.2) is 4.21 Å². The second-order valence-electron chi connectivity index (χ2n) is 2.18. The highest BCUT2D eigenvalue weighted by Gasteiger charge is 2.07. The molecule has 2 aromatic rings. The number of hydrogen-bond acceptors (Lipinski definition) is 4. The SMILES string of the molecule is O=S(Sc1cccs1)c1cccs1. The first-order chi connectivity index (χ1) is 6.36. The van der Waals surface area contributed by atoms with Crippen LogP contribution in [0.3, 0.4) is 0 Å². The Morgan fingerprint density at radius 3 is 2.54 bits per heavy atom. The maximum absolute atomic E-state index is 11.7. The molecular weight excluding hydrogens is 240 g/mol. The molecular formula is C8H6OS4. The van der Waals surface area contributed by atoms with E-state index in [0.717, 1.165) is 8.42 Å². The zero-order valence-electron chi connectivity index (χ0n) is 6.51. The lowest BCUT2D eigenvalue weighted by molar-refractivity contribution is 0.693. The lowest BCUT2D eigenvalue weighted by Gasteiger charge is -1.93. The molecule has 0 aliphatic carbocycles. The molecule has 0 spiro atoms. The first kappa shape index (κ1) is 9.45. The maximum atomic E-state index is 11.7. The monoisotopic (exact) mass is 246 g/mol. The topological polar surface area (TPSA) is 17.1 Å². The highest BCUT2D eigenvalue weighted by Crippen LogP contribution is 2.32. The third-order valence-electron chi connectivity index (χ3n) is 1.31. The molecule has 13 heavy (non-hydrogen) atoms. The summed E-state index contributed by atoms with van der Waals surface area (Å²) in [7, 11) is 0.473. The fourth-order valence-electron chi connectivity index (χ4n) is 0.785. The molecule has 0 N–H and O–H groups in total. The van der Waals surface area contributed by atoms with Gasteiger partial charge in [0.25, 0.3) is 0 Å². The Morgan fingerprint density at radius 1 is 1.15 bits per heavy atom. The van der Waals surface area contributed by atoms with Gasteiger partial charge < -0.3 is 0 Å². The van der Waals surface area contributed by atoms with E-state index in [1.54, 1.807) is 11.3 Å². The molecule has 0 radical (unpaired) electrons. The van der Waals surface area contributed by atoms with Gasteiger partial charge >= 0.3 is 0 Å². The molecule has 0 aromatic carbocycles. The first-order valence-electron chi connectivity index (χ1n) is 3.53. The Labute approximate surface area is 90.7 Å². The van der Waals surface area contributed by atoms with Crippen molar-refractivity contribution in [3.8, 4) is 0 Å². The van der Waals surface area contributed by atoms with Crippen molar-refractivity contribution in [2.75, 3.05) is 0 Å². The predicted octanol–water partition coefficient (Wildman–Crippen LogP) is 3.62. The summed E-state index contributed by atoms with van der Waals surface area (Å²) in [6.07, 6.45) is 0. The molecule has 0 aliphatic heterocycles. The van der Waals surface area contributed by atoms with Gasteiger partial charge in [0.05, 0.1) is 4.21 Å². The van der Waals surface area contributed by atoms with E-state index < -0.39 is 9.83 Å². The molecule has 2 aromatic heterocycles. The van der Waals surface area contributed by atoms with Crippen molar-refractivity contribution in [3.63, 3.8) is 0 Å². The highest BCUT2D eigenvalue weighted by atomic mass is 33.1. The lowest BCUT2D eigenvalue weighted by atomic mass is 10.7. The van der Waals surface area contributed by atoms with Crippen LogP contribution in [-0.2, 0) is 9.83 Å². The van der Waals surface area contributed by atoms with Crippen LogP contribution in [0.2, 0.25) is 0 Å². The minimum absolute atomic E-state index is 0.929. The lowest BCUT2D eigenvalue weighted by Crippen LogP contribution is -1.77. The van der Waals surface area contributed by atoms with Crippen molar-refractivity contribution in [1.29, 1.82) is 0 Å².